The van der Waals surface area contributed by atoms with Crippen LogP contribution in [0.5, 0.6) is 0 Å². The number of benzene rings is 1. The molecule has 2 heterocycles. The van der Waals surface area contributed by atoms with Crippen LogP contribution in [-0.2, 0) is 23.9 Å². The Morgan fingerprint density at radius 1 is 1.19 bits per heavy atom. The number of hydrogen-bond acceptors (Lipinski definition) is 5. The van der Waals surface area contributed by atoms with Crippen LogP contribution in [0.25, 0.3) is 0 Å². The summed E-state index contributed by atoms with van der Waals surface area (Å²) in [5, 5.41) is 0. The van der Waals surface area contributed by atoms with Gasteiger partial charge in [0, 0.05) is 36.7 Å². The van der Waals surface area contributed by atoms with E-state index < -0.39 is 16.0 Å². The highest BCUT2D eigenvalue weighted by atomic mass is 79.9. The Bertz CT molecular complexity index is 751. The number of carbonyl (C=O) groups is 2. The Morgan fingerprint density at radius 3 is 2.31 bits per heavy atom. The molecule has 144 valence electrons. The van der Waals surface area contributed by atoms with Crippen LogP contribution in [0.2, 0.25) is 0 Å². The molecule has 3 rings (SSSR count). The van der Waals surface area contributed by atoms with Crippen LogP contribution < -0.4 is 4.90 Å². The Kier molecular flexibility index (Phi) is 7.19. The van der Waals surface area contributed by atoms with Gasteiger partial charge in [-0.15, -0.1) is 0 Å². The van der Waals surface area contributed by atoms with Crippen molar-refractivity contribution in [1.82, 2.24) is 4.90 Å². The maximum atomic E-state index is 12.1. The summed E-state index contributed by atoms with van der Waals surface area (Å²) in [5.74, 6) is -0.190. The third kappa shape index (κ3) is 6.07. The molecule has 2 amide bonds. The summed E-state index contributed by atoms with van der Waals surface area (Å²) in [4.78, 5) is 26.1. The fourth-order valence-electron chi connectivity index (χ4n) is 2.76. The summed E-state index contributed by atoms with van der Waals surface area (Å²) >= 11 is 3.34. The molecule has 26 heavy (non-hydrogen) atoms. The maximum absolute atomic E-state index is 12.1. The molecule has 0 N–H and O–H groups in total. The summed E-state index contributed by atoms with van der Waals surface area (Å²) in [7, 11) is -1.66. The number of anilines is 1. The van der Waals surface area contributed by atoms with Crippen LogP contribution in [0, 0.1) is 5.92 Å². The van der Waals surface area contributed by atoms with Gasteiger partial charge in [0.2, 0.25) is 11.8 Å². The molecule has 0 aliphatic carbocycles. The quantitative estimate of drug-likeness (QED) is 0.660. The molecular weight excluding hydrogens is 424 g/mol. The summed E-state index contributed by atoms with van der Waals surface area (Å²) in [6, 6.07) is 7.43. The Labute approximate surface area is 162 Å². The van der Waals surface area contributed by atoms with Crippen LogP contribution >= 0.6 is 15.9 Å². The first-order valence-corrected chi connectivity index (χ1v) is 10.9. The van der Waals surface area contributed by atoms with Gasteiger partial charge in [-0.25, -0.2) is 0 Å². The molecule has 1 aromatic rings. The first kappa shape index (κ1) is 20.9. The van der Waals surface area contributed by atoms with Crippen molar-refractivity contribution in [3.8, 4) is 0 Å². The van der Waals surface area contributed by atoms with Gasteiger partial charge in [0.05, 0.1) is 18.8 Å². The van der Waals surface area contributed by atoms with E-state index in [2.05, 4.69) is 15.9 Å². The molecule has 0 radical (unpaired) electrons. The largest absolute Gasteiger partial charge is 0.346 e. The molecule has 0 saturated carbocycles. The molecular formula is C17H23BrN2O5S. The zero-order valence-electron chi connectivity index (χ0n) is 14.9. The normalized spacial score (nSPS) is 20.3. The fraction of sp³-hybridized carbons (Fsp3) is 0.529. The number of nitrogens with zero attached hydrogens (tertiary/aromatic N) is 2. The average molecular weight is 447 g/mol. The van der Waals surface area contributed by atoms with E-state index in [4.69, 9.17) is 4.18 Å². The van der Waals surface area contributed by atoms with Crippen LogP contribution in [0.15, 0.2) is 28.7 Å². The molecule has 1 unspecified atom stereocenters. The molecule has 0 spiro atoms. The van der Waals surface area contributed by atoms with Gasteiger partial charge in [-0.1, -0.05) is 15.9 Å². The van der Waals surface area contributed by atoms with Crippen LogP contribution in [0.1, 0.15) is 19.3 Å². The van der Waals surface area contributed by atoms with Gasteiger partial charge in [-0.05, 0) is 37.1 Å². The van der Waals surface area contributed by atoms with Gasteiger partial charge in [0.15, 0.2) is 0 Å². The maximum Gasteiger partial charge on any atom is 0.264 e. The highest BCUT2D eigenvalue weighted by molar-refractivity contribution is 9.10. The standard InChI is InChI=1S/C12H14BrNO4S.C5H9NO/c1-19(16,17)18-8-9-6-7-14(12(9)15)11-4-2-10(13)3-5-11;1-6-4-2-3-5(6)7/h2-5,9H,6-8H2,1H3;2-4H2,1H3. The molecule has 2 aliphatic rings. The van der Waals surface area contributed by atoms with E-state index in [0.29, 0.717) is 18.9 Å². The minimum Gasteiger partial charge on any atom is -0.346 e. The zero-order chi connectivity index (χ0) is 19.3. The minimum atomic E-state index is -3.50. The summed E-state index contributed by atoms with van der Waals surface area (Å²) in [6.07, 6.45) is 3.40. The van der Waals surface area contributed by atoms with E-state index in [1.807, 2.05) is 31.3 Å². The van der Waals surface area contributed by atoms with Gasteiger partial charge in [0.1, 0.15) is 0 Å². The van der Waals surface area contributed by atoms with Gasteiger partial charge >= 0.3 is 0 Å². The molecule has 2 aliphatic heterocycles. The number of amides is 2. The number of rotatable bonds is 4. The second-order valence-corrected chi connectivity index (χ2v) is 8.92. The lowest BCUT2D eigenvalue weighted by Crippen LogP contribution is -2.29. The monoisotopic (exact) mass is 446 g/mol. The molecule has 7 nitrogen and oxygen atoms in total. The lowest BCUT2D eigenvalue weighted by molar-refractivity contribution is -0.126. The van der Waals surface area contributed by atoms with E-state index in [9.17, 15) is 18.0 Å². The third-order valence-electron chi connectivity index (χ3n) is 4.25. The lowest BCUT2D eigenvalue weighted by Gasteiger charge is -2.16. The molecule has 9 heteroatoms. The van der Waals surface area contributed by atoms with Crippen molar-refractivity contribution < 1.29 is 22.2 Å². The second-order valence-electron chi connectivity index (χ2n) is 6.36. The van der Waals surface area contributed by atoms with E-state index in [1.165, 1.54) is 0 Å². The Morgan fingerprint density at radius 2 is 1.85 bits per heavy atom. The van der Waals surface area contributed by atoms with Crippen molar-refractivity contribution >= 4 is 43.5 Å². The van der Waals surface area contributed by atoms with Crippen molar-refractivity contribution in [2.45, 2.75) is 19.3 Å². The molecule has 0 bridgehead atoms. The van der Waals surface area contributed by atoms with Crippen molar-refractivity contribution in [3.63, 3.8) is 0 Å². The average Bonchev–Trinajstić information content (AvgIpc) is 3.12. The Balaban J connectivity index is 0.000000290. The third-order valence-corrected chi connectivity index (χ3v) is 5.34. The van der Waals surface area contributed by atoms with Crippen molar-refractivity contribution in [1.29, 1.82) is 0 Å². The summed E-state index contributed by atoms with van der Waals surface area (Å²) in [5.41, 5.74) is 0.815. The first-order chi connectivity index (χ1) is 12.2. The predicted molar refractivity (Wildman–Crippen MR) is 102 cm³/mol. The van der Waals surface area contributed by atoms with E-state index in [0.717, 1.165) is 35.8 Å². The lowest BCUT2D eigenvalue weighted by atomic mass is 10.1. The van der Waals surface area contributed by atoms with Crippen molar-refractivity contribution in [2.24, 2.45) is 5.92 Å². The first-order valence-electron chi connectivity index (χ1n) is 8.32. The smallest absolute Gasteiger partial charge is 0.264 e. The molecule has 1 aromatic carbocycles. The molecule has 2 saturated heterocycles. The number of halogens is 1. The van der Waals surface area contributed by atoms with Crippen molar-refractivity contribution in [3.05, 3.63) is 28.7 Å². The number of carbonyl (C=O) groups excluding carboxylic acids is 2. The number of likely N-dealkylation sites (tertiary alicyclic amines) is 1. The highest BCUT2D eigenvalue weighted by Gasteiger charge is 2.33. The van der Waals surface area contributed by atoms with Crippen LogP contribution in [0.4, 0.5) is 5.69 Å². The minimum absolute atomic E-state index is 0.0787. The zero-order valence-corrected chi connectivity index (χ0v) is 17.3. The molecule has 2 fully saturated rings. The molecule has 0 aromatic heterocycles. The fourth-order valence-corrected chi connectivity index (χ4v) is 3.44. The van der Waals surface area contributed by atoms with Crippen LogP contribution in [0.3, 0.4) is 0 Å². The predicted octanol–water partition coefficient (Wildman–Crippen LogP) is 2.02. The SMILES string of the molecule is CN1CCCC1=O.CS(=O)(=O)OCC1CCN(c2ccc(Br)cc2)C1=O. The van der Waals surface area contributed by atoms with Gasteiger partial charge in [-0.2, -0.15) is 8.42 Å². The van der Waals surface area contributed by atoms with Crippen molar-refractivity contribution in [2.75, 3.05) is 37.9 Å². The topological polar surface area (TPSA) is 84.0 Å². The Hall–Kier alpha value is -1.45. The summed E-state index contributed by atoms with van der Waals surface area (Å²) in [6.45, 7) is 1.46. The van der Waals surface area contributed by atoms with Crippen LogP contribution in [-0.4, -0.2) is 58.1 Å². The highest BCUT2D eigenvalue weighted by Crippen LogP contribution is 2.26. The van der Waals surface area contributed by atoms with Gasteiger partial charge in [-0.3, -0.25) is 13.8 Å². The summed E-state index contributed by atoms with van der Waals surface area (Å²) < 4.78 is 27.5. The van der Waals surface area contributed by atoms with E-state index in [1.54, 1.807) is 9.80 Å². The van der Waals surface area contributed by atoms with E-state index >= 15 is 0 Å². The number of hydrogen-bond donors (Lipinski definition) is 0. The van der Waals surface area contributed by atoms with E-state index in [-0.39, 0.29) is 12.5 Å². The van der Waals surface area contributed by atoms with Gasteiger partial charge in [0.25, 0.3) is 10.1 Å². The molecule has 1 atom stereocenters. The second kappa shape index (κ2) is 8.96. The van der Waals surface area contributed by atoms with Gasteiger partial charge < -0.3 is 9.80 Å².